The molecule has 1 aromatic carbocycles. The van der Waals surface area contributed by atoms with Crippen molar-refractivity contribution in [3.05, 3.63) is 23.8 Å². The summed E-state index contributed by atoms with van der Waals surface area (Å²) < 4.78 is 24.4. The molecule has 5 heteroatoms. The van der Waals surface area contributed by atoms with E-state index in [0.717, 1.165) is 32.1 Å². The van der Waals surface area contributed by atoms with Gasteiger partial charge in [-0.2, -0.15) is 0 Å². The molecule has 0 aliphatic carbocycles. The van der Waals surface area contributed by atoms with E-state index in [1.807, 2.05) is 0 Å². The maximum absolute atomic E-state index is 13.6. The van der Waals surface area contributed by atoms with Gasteiger partial charge in [-0.25, -0.2) is 0 Å². The number of methoxy groups -OCH3 is 2. The van der Waals surface area contributed by atoms with Gasteiger partial charge in [0.05, 0.1) is 14.2 Å². The highest BCUT2D eigenvalue weighted by molar-refractivity contribution is 7.81. The van der Waals surface area contributed by atoms with Crippen molar-refractivity contribution in [1.29, 1.82) is 0 Å². The van der Waals surface area contributed by atoms with Gasteiger partial charge in [-0.1, -0.05) is 58.4 Å². The zero-order chi connectivity index (χ0) is 19.4. The van der Waals surface area contributed by atoms with E-state index in [4.69, 9.17) is 9.47 Å². The minimum atomic E-state index is -2.98. The van der Waals surface area contributed by atoms with Gasteiger partial charge in [0.1, 0.15) is 17.1 Å². The molecule has 1 rings (SSSR count). The summed E-state index contributed by atoms with van der Waals surface area (Å²) in [5.41, 5.74) is 0.0525. The standard InChI is InChI=1S/C21H35O4P/c1-5-7-9-10-11-12-17-26(23,16-8-6-2)21(22)20-18(24-3)14-13-15-19(20)25-4/h13-15H,5-12,16-17H2,1-4H3. The Morgan fingerprint density at radius 1 is 0.846 bits per heavy atom. The number of rotatable bonds is 14. The van der Waals surface area contributed by atoms with E-state index in [0.29, 0.717) is 29.4 Å². The average molecular weight is 382 g/mol. The Labute approximate surface area is 159 Å². The van der Waals surface area contributed by atoms with Gasteiger partial charge >= 0.3 is 0 Å². The molecule has 0 bridgehead atoms. The summed E-state index contributed by atoms with van der Waals surface area (Å²) in [4.78, 5) is 13.3. The van der Waals surface area contributed by atoms with Crippen molar-refractivity contribution in [2.75, 3.05) is 26.5 Å². The van der Waals surface area contributed by atoms with Crippen LogP contribution in [0.1, 0.15) is 75.6 Å². The second kappa shape index (κ2) is 12.2. The van der Waals surface area contributed by atoms with Crippen LogP contribution in [0, 0.1) is 0 Å². The molecule has 4 nitrogen and oxygen atoms in total. The summed E-state index contributed by atoms with van der Waals surface area (Å²) in [6.07, 6.45) is 9.37. The van der Waals surface area contributed by atoms with Crippen molar-refractivity contribution < 1.29 is 18.8 Å². The lowest BCUT2D eigenvalue weighted by atomic mass is 10.1. The van der Waals surface area contributed by atoms with Crippen molar-refractivity contribution in [2.45, 2.75) is 65.2 Å². The molecule has 0 heterocycles. The van der Waals surface area contributed by atoms with E-state index >= 15 is 0 Å². The zero-order valence-electron chi connectivity index (χ0n) is 16.9. The van der Waals surface area contributed by atoms with Crippen molar-refractivity contribution in [2.24, 2.45) is 0 Å². The molecule has 0 aliphatic rings. The van der Waals surface area contributed by atoms with E-state index in [2.05, 4.69) is 13.8 Å². The molecular weight excluding hydrogens is 347 g/mol. The van der Waals surface area contributed by atoms with Crippen LogP contribution in [0.15, 0.2) is 18.2 Å². The first-order valence-corrected chi connectivity index (χ1v) is 12.0. The minimum absolute atomic E-state index is 0.284. The number of ether oxygens (including phenoxy) is 2. The summed E-state index contributed by atoms with van der Waals surface area (Å²) in [6, 6.07) is 5.23. The lowest BCUT2D eigenvalue weighted by Gasteiger charge is -2.20. The highest BCUT2D eigenvalue weighted by atomic mass is 31.2. The number of carbonyl (C=O) groups is 1. The molecule has 26 heavy (non-hydrogen) atoms. The molecule has 1 unspecified atom stereocenters. The molecular formula is C21H35O4P. The molecule has 0 amide bonds. The SMILES string of the molecule is CCCCCCCCP(=O)(CCCC)C(=O)c1c(OC)cccc1OC. The van der Waals surface area contributed by atoms with Crippen LogP contribution >= 0.6 is 7.14 Å². The largest absolute Gasteiger partial charge is 0.496 e. The maximum Gasteiger partial charge on any atom is 0.228 e. The molecule has 1 atom stereocenters. The van der Waals surface area contributed by atoms with Crippen LogP contribution in [0.3, 0.4) is 0 Å². The molecule has 0 aliphatic heterocycles. The molecule has 0 saturated heterocycles. The number of hydrogen-bond acceptors (Lipinski definition) is 4. The van der Waals surface area contributed by atoms with Crippen molar-refractivity contribution in [3.8, 4) is 11.5 Å². The molecule has 0 spiro atoms. The Kier molecular flexibility index (Phi) is 10.7. The Morgan fingerprint density at radius 2 is 1.35 bits per heavy atom. The van der Waals surface area contributed by atoms with Crippen LogP contribution in [0.4, 0.5) is 0 Å². The second-order valence-corrected chi connectivity index (χ2v) is 9.88. The predicted molar refractivity (Wildman–Crippen MR) is 110 cm³/mol. The minimum Gasteiger partial charge on any atom is -0.496 e. The summed E-state index contributed by atoms with van der Waals surface area (Å²) >= 11 is 0. The summed E-state index contributed by atoms with van der Waals surface area (Å²) in [5.74, 6) is 0.878. The van der Waals surface area contributed by atoms with Gasteiger partial charge in [-0.05, 0) is 25.0 Å². The average Bonchev–Trinajstić information content (AvgIpc) is 2.67. The first-order valence-electron chi connectivity index (χ1n) is 9.88. The molecule has 0 fully saturated rings. The summed E-state index contributed by atoms with van der Waals surface area (Å²) in [6.45, 7) is 4.25. The normalized spacial score (nSPS) is 13.2. The fourth-order valence-corrected chi connectivity index (χ4v) is 5.96. The van der Waals surface area contributed by atoms with Gasteiger partial charge in [-0.3, -0.25) is 4.79 Å². The fraction of sp³-hybridized carbons (Fsp3) is 0.667. The van der Waals surface area contributed by atoms with Gasteiger partial charge in [0.15, 0.2) is 7.14 Å². The van der Waals surface area contributed by atoms with Crippen LogP contribution in [0.5, 0.6) is 11.5 Å². The van der Waals surface area contributed by atoms with Crippen LogP contribution in [0.2, 0.25) is 0 Å². The lowest BCUT2D eigenvalue weighted by Crippen LogP contribution is -2.11. The van der Waals surface area contributed by atoms with Crippen LogP contribution < -0.4 is 9.47 Å². The third kappa shape index (κ3) is 6.46. The third-order valence-corrected chi connectivity index (χ3v) is 7.80. The number of benzene rings is 1. The van der Waals surface area contributed by atoms with Crippen LogP contribution in [0.25, 0.3) is 0 Å². The van der Waals surface area contributed by atoms with Gasteiger partial charge in [-0.15, -0.1) is 0 Å². The summed E-state index contributed by atoms with van der Waals surface area (Å²) in [7, 11) is 0.0646. The number of unbranched alkanes of at least 4 members (excludes halogenated alkanes) is 6. The quantitative estimate of drug-likeness (QED) is 0.277. The second-order valence-electron chi connectivity index (χ2n) is 6.80. The van der Waals surface area contributed by atoms with Crippen molar-refractivity contribution in [3.63, 3.8) is 0 Å². The molecule has 1 aromatic rings. The number of carbonyl (C=O) groups excluding carboxylic acids is 1. The molecule has 0 N–H and O–H groups in total. The van der Waals surface area contributed by atoms with Crippen LogP contribution in [-0.4, -0.2) is 32.1 Å². The van der Waals surface area contributed by atoms with Gasteiger partial charge in [0.25, 0.3) is 0 Å². The zero-order valence-corrected chi connectivity index (χ0v) is 17.8. The molecule has 0 aromatic heterocycles. The Balaban J connectivity index is 2.97. The van der Waals surface area contributed by atoms with E-state index < -0.39 is 7.14 Å². The van der Waals surface area contributed by atoms with Crippen LogP contribution in [-0.2, 0) is 4.57 Å². The van der Waals surface area contributed by atoms with E-state index in [1.165, 1.54) is 33.5 Å². The summed E-state index contributed by atoms with van der Waals surface area (Å²) in [5, 5.41) is 0. The molecule has 0 radical (unpaired) electrons. The smallest absolute Gasteiger partial charge is 0.228 e. The first kappa shape index (κ1) is 22.8. The predicted octanol–water partition coefficient (Wildman–Crippen LogP) is 6.37. The number of hydrogen-bond donors (Lipinski definition) is 0. The lowest BCUT2D eigenvalue weighted by molar-refractivity contribution is 0.106. The van der Waals surface area contributed by atoms with E-state index in [-0.39, 0.29) is 5.52 Å². The van der Waals surface area contributed by atoms with Gasteiger partial charge in [0.2, 0.25) is 5.52 Å². The topological polar surface area (TPSA) is 52.6 Å². The highest BCUT2D eigenvalue weighted by Crippen LogP contribution is 2.53. The molecule has 148 valence electrons. The Hall–Kier alpha value is -1.28. The Morgan fingerprint density at radius 3 is 1.88 bits per heavy atom. The fourth-order valence-electron chi connectivity index (χ4n) is 3.14. The highest BCUT2D eigenvalue weighted by Gasteiger charge is 2.35. The van der Waals surface area contributed by atoms with E-state index in [9.17, 15) is 9.36 Å². The maximum atomic E-state index is 13.6. The first-order chi connectivity index (χ1) is 12.5. The van der Waals surface area contributed by atoms with E-state index in [1.54, 1.807) is 18.2 Å². The monoisotopic (exact) mass is 382 g/mol. The van der Waals surface area contributed by atoms with Crippen molar-refractivity contribution >= 4 is 12.7 Å². The van der Waals surface area contributed by atoms with Gasteiger partial charge in [0, 0.05) is 12.3 Å². The third-order valence-electron chi connectivity index (χ3n) is 4.76. The van der Waals surface area contributed by atoms with Crippen molar-refractivity contribution in [1.82, 2.24) is 0 Å². The van der Waals surface area contributed by atoms with Gasteiger partial charge < -0.3 is 14.0 Å². The Bertz CT molecular complexity index is 575. The molecule has 0 saturated carbocycles.